The van der Waals surface area contributed by atoms with Crippen LogP contribution in [0.5, 0.6) is 0 Å². The molecule has 0 saturated heterocycles. The third-order valence-electron chi connectivity index (χ3n) is 2.38. The van der Waals surface area contributed by atoms with Crippen LogP contribution in [0.3, 0.4) is 0 Å². The van der Waals surface area contributed by atoms with Gasteiger partial charge in [0.15, 0.2) is 0 Å². The lowest BCUT2D eigenvalue weighted by molar-refractivity contribution is 0.980. The van der Waals surface area contributed by atoms with E-state index in [1.54, 1.807) is 6.20 Å². The molecule has 0 saturated carbocycles. The van der Waals surface area contributed by atoms with Gasteiger partial charge in [-0.25, -0.2) is 0 Å². The van der Waals surface area contributed by atoms with Crippen molar-refractivity contribution in [3.05, 3.63) is 40.1 Å². The molecule has 0 aliphatic carbocycles. The molecule has 1 heterocycles. The minimum Gasteiger partial charge on any atom is -0.398 e. The summed E-state index contributed by atoms with van der Waals surface area (Å²) in [4.78, 5) is 0. The average molecular weight is 281 g/mol. The minimum atomic E-state index is 0.710. The number of aryl methyl sites for hydroxylation is 1. The molecular formula is C11H13BrN4. The fraction of sp³-hybridized carbons (Fsp3) is 0.182. The van der Waals surface area contributed by atoms with E-state index in [1.807, 2.05) is 25.1 Å². The van der Waals surface area contributed by atoms with Gasteiger partial charge in [0, 0.05) is 22.0 Å². The molecule has 2 aromatic rings. The van der Waals surface area contributed by atoms with Crippen LogP contribution in [0.1, 0.15) is 11.3 Å². The molecule has 4 N–H and O–H groups in total. The Morgan fingerprint density at radius 1 is 1.50 bits per heavy atom. The summed E-state index contributed by atoms with van der Waals surface area (Å²) in [6.07, 6.45) is 1.74. The maximum atomic E-state index is 5.81. The van der Waals surface area contributed by atoms with Gasteiger partial charge in [0.1, 0.15) is 0 Å². The maximum absolute atomic E-state index is 5.81. The molecule has 0 unspecified atom stereocenters. The van der Waals surface area contributed by atoms with Crippen LogP contribution in [0.2, 0.25) is 0 Å². The molecular weight excluding hydrogens is 268 g/mol. The highest BCUT2D eigenvalue weighted by Crippen LogP contribution is 2.27. The van der Waals surface area contributed by atoms with E-state index in [4.69, 9.17) is 5.73 Å². The first-order chi connectivity index (χ1) is 7.66. The molecule has 1 aromatic carbocycles. The van der Waals surface area contributed by atoms with Crippen molar-refractivity contribution in [2.24, 2.45) is 0 Å². The Morgan fingerprint density at radius 3 is 3.00 bits per heavy atom. The number of hydrogen-bond donors (Lipinski definition) is 3. The van der Waals surface area contributed by atoms with Gasteiger partial charge in [-0.3, -0.25) is 5.10 Å². The van der Waals surface area contributed by atoms with Gasteiger partial charge < -0.3 is 11.1 Å². The molecule has 0 atom stereocenters. The van der Waals surface area contributed by atoms with Crippen molar-refractivity contribution in [2.75, 3.05) is 11.1 Å². The number of H-pyrrole nitrogens is 1. The SMILES string of the molecule is Cc1cc(NCc2ccn[nH]2)c(Br)cc1N. The van der Waals surface area contributed by atoms with Crippen molar-refractivity contribution in [1.82, 2.24) is 10.2 Å². The first kappa shape index (κ1) is 11.0. The number of aromatic amines is 1. The van der Waals surface area contributed by atoms with E-state index < -0.39 is 0 Å². The minimum absolute atomic E-state index is 0.710. The molecule has 0 aliphatic rings. The Bertz CT molecular complexity index is 479. The number of nitrogens with zero attached hydrogens (tertiary/aromatic N) is 1. The number of anilines is 2. The van der Waals surface area contributed by atoms with E-state index in [9.17, 15) is 0 Å². The summed E-state index contributed by atoms with van der Waals surface area (Å²) in [6, 6.07) is 5.87. The van der Waals surface area contributed by atoms with Gasteiger partial charge in [-0.1, -0.05) is 0 Å². The third-order valence-corrected chi connectivity index (χ3v) is 3.04. The lowest BCUT2D eigenvalue weighted by Crippen LogP contribution is -2.02. The van der Waals surface area contributed by atoms with E-state index in [1.165, 1.54) is 0 Å². The lowest BCUT2D eigenvalue weighted by atomic mass is 10.2. The zero-order valence-corrected chi connectivity index (χ0v) is 10.5. The van der Waals surface area contributed by atoms with Crippen LogP contribution in [-0.4, -0.2) is 10.2 Å². The fourth-order valence-corrected chi connectivity index (χ4v) is 1.91. The zero-order valence-electron chi connectivity index (χ0n) is 8.92. The fourth-order valence-electron chi connectivity index (χ4n) is 1.41. The van der Waals surface area contributed by atoms with Crippen LogP contribution in [-0.2, 0) is 6.54 Å². The molecule has 0 spiro atoms. The molecule has 5 heteroatoms. The molecule has 0 aliphatic heterocycles. The predicted molar refractivity (Wildman–Crippen MR) is 69.2 cm³/mol. The summed E-state index contributed by atoms with van der Waals surface area (Å²) >= 11 is 3.48. The Labute approximate surface area is 102 Å². The molecule has 84 valence electrons. The van der Waals surface area contributed by atoms with Crippen LogP contribution in [0.25, 0.3) is 0 Å². The zero-order chi connectivity index (χ0) is 11.5. The standard InChI is InChI=1S/C11H13BrN4/c1-7-4-11(9(12)5-10(7)13)14-6-8-2-3-15-16-8/h2-5,14H,6,13H2,1H3,(H,15,16). The van der Waals surface area contributed by atoms with E-state index in [0.717, 1.165) is 27.1 Å². The van der Waals surface area contributed by atoms with Crippen molar-refractivity contribution < 1.29 is 0 Å². The number of nitrogen functional groups attached to an aromatic ring is 1. The second-order valence-corrected chi connectivity index (χ2v) is 4.48. The Kier molecular flexibility index (Phi) is 3.14. The van der Waals surface area contributed by atoms with Crippen LogP contribution in [0, 0.1) is 6.92 Å². The van der Waals surface area contributed by atoms with E-state index in [2.05, 4.69) is 31.4 Å². The van der Waals surface area contributed by atoms with Gasteiger partial charge in [0.2, 0.25) is 0 Å². The second kappa shape index (κ2) is 4.57. The number of benzene rings is 1. The van der Waals surface area contributed by atoms with Crippen LogP contribution < -0.4 is 11.1 Å². The number of nitrogens with one attached hydrogen (secondary N) is 2. The lowest BCUT2D eigenvalue weighted by Gasteiger charge is -2.10. The number of nitrogens with two attached hydrogens (primary N) is 1. The summed E-state index contributed by atoms with van der Waals surface area (Å²) in [5, 5.41) is 10.1. The second-order valence-electron chi connectivity index (χ2n) is 3.62. The summed E-state index contributed by atoms with van der Waals surface area (Å²) in [7, 11) is 0. The van der Waals surface area contributed by atoms with Gasteiger partial charge >= 0.3 is 0 Å². The average Bonchev–Trinajstić information content (AvgIpc) is 2.74. The summed E-state index contributed by atoms with van der Waals surface area (Å²) in [6.45, 7) is 2.70. The van der Waals surface area contributed by atoms with Crippen molar-refractivity contribution in [1.29, 1.82) is 0 Å². The van der Waals surface area contributed by atoms with Gasteiger partial charge in [-0.2, -0.15) is 5.10 Å². The highest BCUT2D eigenvalue weighted by Gasteiger charge is 2.03. The number of aromatic nitrogens is 2. The maximum Gasteiger partial charge on any atom is 0.0568 e. The van der Waals surface area contributed by atoms with Crippen LogP contribution >= 0.6 is 15.9 Å². The highest BCUT2D eigenvalue weighted by molar-refractivity contribution is 9.10. The Morgan fingerprint density at radius 2 is 2.31 bits per heavy atom. The molecule has 0 radical (unpaired) electrons. The Balaban J connectivity index is 2.12. The normalized spacial score (nSPS) is 10.4. The molecule has 1 aromatic heterocycles. The first-order valence-electron chi connectivity index (χ1n) is 4.94. The van der Waals surface area contributed by atoms with E-state index >= 15 is 0 Å². The number of halogens is 1. The molecule has 0 bridgehead atoms. The Hall–Kier alpha value is -1.49. The molecule has 2 rings (SSSR count). The summed E-state index contributed by atoms with van der Waals surface area (Å²) in [5.41, 5.74) is 9.73. The van der Waals surface area contributed by atoms with Crippen LogP contribution in [0.4, 0.5) is 11.4 Å². The number of hydrogen-bond acceptors (Lipinski definition) is 3. The van der Waals surface area contributed by atoms with Gasteiger partial charge in [0.25, 0.3) is 0 Å². The summed E-state index contributed by atoms with van der Waals surface area (Å²) in [5.74, 6) is 0. The quantitative estimate of drug-likeness (QED) is 0.758. The van der Waals surface area contributed by atoms with Crippen molar-refractivity contribution >= 4 is 27.3 Å². The summed E-state index contributed by atoms with van der Waals surface area (Å²) < 4.78 is 0.968. The first-order valence-corrected chi connectivity index (χ1v) is 5.74. The van der Waals surface area contributed by atoms with Crippen molar-refractivity contribution in [3.63, 3.8) is 0 Å². The van der Waals surface area contributed by atoms with E-state index in [-0.39, 0.29) is 0 Å². The third kappa shape index (κ3) is 2.36. The van der Waals surface area contributed by atoms with Crippen LogP contribution in [0.15, 0.2) is 28.9 Å². The monoisotopic (exact) mass is 280 g/mol. The molecule has 0 fully saturated rings. The number of rotatable bonds is 3. The highest BCUT2D eigenvalue weighted by atomic mass is 79.9. The van der Waals surface area contributed by atoms with Gasteiger partial charge in [-0.15, -0.1) is 0 Å². The van der Waals surface area contributed by atoms with Crippen molar-refractivity contribution in [2.45, 2.75) is 13.5 Å². The van der Waals surface area contributed by atoms with Gasteiger partial charge in [0.05, 0.1) is 12.2 Å². The smallest absolute Gasteiger partial charge is 0.0568 e. The van der Waals surface area contributed by atoms with Gasteiger partial charge in [-0.05, 0) is 46.6 Å². The van der Waals surface area contributed by atoms with E-state index in [0.29, 0.717) is 6.54 Å². The largest absolute Gasteiger partial charge is 0.398 e. The molecule has 4 nitrogen and oxygen atoms in total. The molecule has 16 heavy (non-hydrogen) atoms. The predicted octanol–water partition coefficient (Wildman–Crippen LogP) is 2.67. The topological polar surface area (TPSA) is 66.7 Å². The molecule has 0 amide bonds. The van der Waals surface area contributed by atoms with Crippen molar-refractivity contribution in [3.8, 4) is 0 Å².